The molecule has 0 fully saturated rings. The van der Waals surface area contributed by atoms with Crippen LogP contribution in [0.15, 0.2) is 54.7 Å². The summed E-state index contributed by atoms with van der Waals surface area (Å²) >= 11 is 0. The average molecular weight is 557 g/mol. The number of aryl methyl sites for hydroxylation is 3. The first-order valence-corrected chi connectivity index (χ1v) is 13.8. The Hall–Kier alpha value is -4.33. The van der Waals surface area contributed by atoms with Crippen LogP contribution in [0.25, 0.3) is 11.1 Å². The molecule has 2 heterocycles. The van der Waals surface area contributed by atoms with Crippen molar-refractivity contribution < 1.29 is 28.1 Å². The van der Waals surface area contributed by atoms with E-state index in [4.69, 9.17) is 18.9 Å². The van der Waals surface area contributed by atoms with Crippen LogP contribution in [0, 0.1) is 19.7 Å². The van der Waals surface area contributed by atoms with Crippen molar-refractivity contribution >= 4 is 5.97 Å². The second-order valence-electron chi connectivity index (χ2n) is 10.8. The number of rotatable bonds is 8. The minimum atomic E-state index is -0.405. The van der Waals surface area contributed by atoms with Crippen LogP contribution in [-0.4, -0.2) is 29.5 Å². The fourth-order valence-electron chi connectivity index (χ4n) is 6.11. The summed E-state index contributed by atoms with van der Waals surface area (Å²) < 4.78 is 40.2. The molecule has 0 spiro atoms. The fraction of sp³-hybridized carbons (Fsp3) is 0.333. The predicted molar refractivity (Wildman–Crippen MR) is 152 cm³/mol. The van der Waals surface area contributed by atoms with Gasteiger partial charge >= 0.3 is 5.97 Å². The molecule has 8 heteroatoms. The Balaban J connectivity index is 1.24. The lowest BCUT2D eigenvalue weighted by atomic mass is 9.90. The van der Waals surface area contributed by atoms with Crippen LogP contribution in [0.2, 0.25) is 0 Å². The quantitative estimate of drug-likeness (QED) is 0.230. The molecule has 0 bridgehead atoms. The van der Waals surface area contributed by atoms with Crippen molar-refractivity contribution in [1.82, 2.24) is 9.78 Å². The summed E-state index contributed by atoms with van der Waals surface area (Å²) in [7, 11) is 3.28. The van der Waals surface area contributed by atoms with Crippen molar-refractivity contribution in [2.45, 2.75) is 51.7 Å². The van der Waals surface area contributed by atoms with Crippen LogP contribution in [0.3, 0.4) is 0 Å². The van der Waals surface area contributed by atoms with Crippen molar-refractivity contribution in [3.8, 4) is 28.4 Å². The molecule has 0 saturated heterocycles. The number of nitrogens with zero attached hydrogens (tertiary/aromatic N) is 2. The van der Waals surface area contributed by atoms with Gasteiger partial charge in [-0.15, -0.1) is 0 Å². The average Bonchev–Trinajstić information content (AvgIpc) is 3.67. The molecule has 7 nitrogen and oxygen atoms in total. The molecule has 212 valence electrons. The lowest BCUT2D eigenvalue weighted by molar-refractivity contribution is -0.141. The van der Waals surface area contributed by atoms with E-state index in [0.29, 0.717) is 43.1 Å². The Morgan fingerprint density at radius 2 is 1.90 bits per heavy atom. The standard InChI is InChI=1S/C33H33FN2O5/c1-19-13-24(39-18-22-11-12-35-36(22)3)14-20(2)32(19)26-7-9-28(34)33-27(26)8-10-29(33)41-23-5-6-25-21(15-31(37)38-4)17-40-30(25)16-23/h5-7,9,11-14,16,21,29H,8,10,15,17-18H2,1-4H3/t21-,29?/m1/s1. The Kier molecular flexibility index (Phi) is 7.15. The van der Waals surface area contributed by atoms with Crippen molar-refractivity contribution in [2.75, 3.05) is 13.7 Å². The van der Waals surface area contributed by atoms with Gasteiger partial charge < -0.3 is 18.9 Å². The van der Waals surface area contributed by atoms with E-state index in [1.165, 1.54) is 7.11 Å². The summed E-state index contributed by atoms with van der Waals surface area (Å²) in [6.45, 7) is 4.98. The zero-order valence-electron chi connectivity index (χ0n) is 23.7. The van der Waals surface area contributed by atoms with E-state index >= 15 is 4.39 Å². The van der Waals surface area contributed by atoms with Crippen LogP contribution in [0.1, 0.15) is 58.4 Å². The van der Waals surface area contributed by atoms with Crippen LogP contribution < -0.4 is 14.2 Å². The number of methoxy groups -OCH3 is 1. The van der Waals surface area contributed by atoms with Crippen molar-refractivity contribution in [2.24, 2.45) is 7.05 Å². The first kappa shape index (κ1) is 26.9. The van der Waals surface area contributed by atoms with Crippen LogP contribution in [0.5, 0.6) is 17.2 Å². The van der Waals surface area contributed by atoms with Gasteiger partial charge in [0.25, 0.3) is 0 Å². The Labute approximate surface area is 238 Å². The number of fused-ring (bicyclic) bond motifs is 2. The highest BCUT2D eigenvalue weighted by molar-refractivity contribution is 5.76. The van der Waals surface area contributed by atoms with Crippen molar-refractivity contribution in [3.05, 3.63) is 94.1 Å². The third-order valence-electron chi connectivity index (χ3n) is 8.15. The summed E-state index contributed by atoms with van der Waals surface area (Å²) in [4.78, 5) is 11.7. The molecule has 1 unspecified atom stereocenters. The smallest absolute Gasteiger partial charge is 0.306 e. The van der Waals surface area contributed by atoms with Gasteiger partial charge in [-0.1, -0.05) is 12.1 Å². The number of hydrogen-bond donors (Lipinski definition) is 0. The van der Waals surface area contributed by atoms with Gasteiger partial charge in [0, 0.05) is 36.4 Å². The van der Waals surface area contributed by atoms with Gasteiger partial charge in [0.1, 0.15) is 35.8 Å². The molecule has 0 N–H and O–H groups in total. The minimum absolute atomic E-state index is 0.0443. The van der Waals surface area contributed by atoms with Crippen molar-refractivity contribution in [3.63, 3.8) is 0 Å². The maximum Gasteiger partial charge on any atom is 0.306 e. The Bertz CT molecular complexity index is 1610. The second kappa shape index (κ2) is 10.9. The summed E-state index contributed by atoms with van der Waals surface area (Å²) in [6, 6.07) is 15.1. The second-order valence-corrected chi connectivity index (χ2v) is 10.8. The number of halogens is 1. The molecule has 3 aromatic carbocycles. The van der Waals surface area contributed by atoms with Gasteiger partial charge in [-0.3, -0.25) is 9.48 Å². The summed E-state index contributed by atoms with van der Waals surface area (Å²) in [6.07, 6.45) is 3.01. The molecule has 2 atom stereocenters. The van der Waals surface area contributed by atoms with Crippen LogP contribution in [0.4, 0.5) is 4.39 Å². The Morgan fingerprint density at radius 3 is 2.63 bits per heavy atom. The summed E-state index contributed by atoms with van der Waals surface area (Å²) in [5.41, 5.74) is 7.81. The van der Waals surface area contributed by atoms with Crippen LogP contribution >= 0.6 is 0 Å². The summed E-state index contributed by atoms with van der Waals surface area (Å²) in [5.74, 6) is 1.54. The lowest BCUT2D eigenvalue weighted by Gasteiger charge is -2.19. The highest BCUT2D eigenvalue weighted by Gasteiger charge is 2.32. The molecule has 0 radical (unpaired) electrons. The first-order chi connectivity index (χ1) is 19.8. The van der Waals surface area contributed by atoms with Gasteiger partial charge in [0.2, 0.25) is 0 Å². The number of benzene rings is 3. The monoisotopic (exact) mass is 556 g/mol. The van der Waals surface area contributed by atoms with E-state index in [9.17, 15) is 4.79 Å². The van der Waals surface area contributed by atoms with Gasteiger partial charge in [-0.25, -0.2) is 4.39 Å². The number of ether oxygens (including phenoxy) is 4. The molecule has 1 aliphatic carbocycles. The fourth-order valence-corrected chi connectivity index (χ4v) is 6.11. The Morgan fingerprint density at radius 1 is 1.10 bits per heavy atom. The van der Waals surface area contributed by atoms with Gasteiger partial charge in [0.15, 0.2) is 0 Å². The number of carbonyl (C=O) groups excluding carboxylic acids is 1. The molecule has 6 rings (SSSR count). The van der Waals surface area contributed by atoms with E-state index in [2.05, 4.69) is 18.9 Å². The maximum absolute atomic E-state index is 15.3. The predicted octanol–water partition coefficient (Wildman–Crippen LogP) is 6.53. The van der Waals surface area contributed by atoms with Crippen molar-refractivity contribution in [1.29, 1.82) is 0 Å². The number of hydrogen-bond acceptors (Lipinski definition) is 6. The zero-order chi connectivity index (χ0) is 28.7. The van der Waals surface area contributed by atoms with Crippen LogP contribution in [-0.2, 0) is 29.6 Å². The molecule has 2 aliphatic rings. The lowest BCUT2D eigenvalue weighted by Crippen LogP contribution is -2.09. The molecular weight excluding hydrogens is 523 g/mol. The maximum atomic E-state index is 15.3. The van der Waals surface area contributed by atoms with E-state index in [1.807, 2.05) is 49.5 Å². The third kappa shape index (κ3) is 5.14. The SMILES string of the molecule is COC(=O)C[C@@H]1COc2cc(OC3CCc4c(-c5c(C)cc(OCc6ccnn6C)cc5C)ccc(F)c43)ccc21. The molecule has 0 saturated carbocycles. The van der Waals surface area contributed by atoms with Gasteiger partial charge in [-0.2, -0.15) is 5.10 Å². The van der Waals surface area contributed by atoms with E-state index in [0.717, 1.165) is 44.8 Å². The van der Waals surface area contributed by atoms with E-state index in [1.54, 1.807) is 16.9 Å². The molecule has 4 aromatic rings. The highest BCUT2D eigenvalue weighted by Crippen LogP contribution is 2.45. The molecule has 41 heavy (non-hydrogen) atoms. The first-order valence-electron chi connectivity index (χ1n) is 13.8. The number of esters is 1. The van der Waals surface area contributed by atoms with Gasteiger partial charge in [-0.05, 0) is 84.8 Å². The van der Waals surface area contributed by atoms with E-state index < -0.39 is 6.10 Å². The highest BCUT2D eigenvalue weighted by atomic mass is 19.1. The van der Waals surface area contributed by atoms with E-state index in [-0.39, 0.29) is 24.1 Å². The number of aromatic nitrogens is 2. The molecule has 0 amide bonds. The normalized spacial score (nSPS) is 17.1. The largest absolute Gasteiger partial charge is 0.492 e. The zero-order valence-corrected chi connectivity index (χ0v) is 23.7. The minimum Gasteiger partial charge on any atom is -0.492 e. The van der Waals surface area contributed by atoms with Gasteiger partial charge in [0.05, 0.1) is 25.8 Å². The topological polar surface area (TPSA) is 71.8 Å². The number of carbonyl (C=O) groups is 1. The third-order valence-corrected chi connectivity index (χ3v) is 8.15. The molecule has 1 aliphatic heterocycles. The molecular formula is C33H33FN2O5. The summed E-state index contributed by atoms with van der Waals surface area (Å²) in [5, 5.41) is 4.20. The molecule has 1 aromatic heterocycles.